The molecule has 1 N–H and O–H groups in total. The molecule has 0 atom stereocenters. The third kappa shape index (κ3) is 3.63. The van der Waals surface area contributed by atoms with Gasteiger partial charge in [-0.3, -0.25) is 10.1 Å². The van der Waals surface area contributed by atoms with E-state index >= 15 is 0 Å². The molecule has 0 saturated heterocycles. The van der Waals surface area contributed by atoms with Crippen molar-refractivity contribution in [3.05, 3.63) is 59.7 Å². The first-order chi connectivity index (χ1) is 12.1. The first-order valence-corrected chi connectivity index (χ1v) is 7.40. The van der Waals surface area contributed by atoms with E-state index < -0.39 is 23.1 Å². The summed E-state index contributed by atoms with van der Waals surface area (Å²) >= 11 is 0. The fourth-order valence-corrected chi connectivity index (χ4v) is 2.13. The van der Waals surface area contributed by atoms with Crippen LogP contribution < -0.4 is 10.1 Å². The summed E-state index contributed by atoms with van der Waals surface area (Å²) in [7, 11) is 0. The Balaban J connectivity index is 1.76. The Morgan fingerprint density at radius 2 is 1.80 bits per heavy atom. The fourth-order valence-electron chi connectivity index (χ4n) is 2.13. The molecule has 128 valence electrons. The monoisotopic (exact) mass is 345 g/mol. The van der Waals surface area contributed by atoms with E-state index in [9.17, 15) is 13.6 Å². The van der Waals surface area contributed by atoms with Gasteiger partial charge in [0.05, 0.1) is 6.61 Å². The Morgan fingerprint density at radius 1 is 1.12 bits per heavy atom. The van der Waals surface area contributed by atoms with E-state index in [0.717, 1.165) is 18.2 Å². The summed E-state index contributed by atoms with van der Waals surface area (Å²) in [5, 5.41) is 9.62. The van der Waals surface area contributed by atoms with Gasteiger partial charge < -0.3 is 9.15 Å². The molecule has 1 aromatic heterocycles. The summed E-state index contributed by atoms with van der Waals surface area (Å²) < 4.78 is 37.8. The van der Waals surface area contributed by atoms with Crippen molar-refractivity contribution >= 4 is 11.9 Å². The summed E-state index contributed by atoms with van der Waals surface area (Å²) in [5.41, 5.74) is -0.114. The number of nitrogens with one attached hydrogen (secondary N) is 1. The molecule has 3 aromatic rings. The van der Waals surface area contributed by atoms with E-state index in [1.165, 1.54) is 0 Å². The third-order valence-electron chi connectivity index (χ3n) is 3.25. The number of anilines is 1. The molecule has 0 spiro atoms. The van der Waals surface area contributed by atoms with Crippen LogP contribution in [0, 0.1) is 11.6 Å². The van der Waals surface area contributed by atoms with Crippen molar-refractivity contribution in [3.63, 3.8) is 0 Å². The molecule has 0 radical (unpaired) electrons. The number of nitrogens with zero attached hydrogens (tertiary/aromatic N) is 2. The van der Waals surface area contributed by atoms with Crippen LogP contribution in [-0.2, 0) is 0 Å². The molecular formula is C17H13F2N3O3. The highest BCUT2D eigenvalue weighted by Crippen LogP contribution is 2.23. The zero-order chi connectivity index (χ0) is 17.8. The quantitative estimate of drug-likeness (QED) is 0.763. The summed E-state index contributed by atoms with van der Waals surface area (Å²) in [6.07, 6.45) is 0. The number of hydrogen-bond donors (Lipinski definition) is 1. The highest BCUT2D eigenvalue weighted by molar-refractivity contribution is 6.03. The van der Waals surface area contributed by atoms with Gasteiger partial charge in [-0.2, -0.15) is 0 Å². The average Bonchev–Trinajstić information content (AvgIpc) is 3.04. The maximum atomic E-state index is 13.6. The van der Waals surface area contributed by atoms with Crippen LogP contribution >= 0.6 is 0 Å². The van der Waals surface area contributed by atoms with E-state index in [1.54, 1.807) is 24.3 Å². The van der Waals surface area contributed by atoms with Crippen molar-refractivity contribution < 1.29 is 22.7 Å². The van der Waals surface area contributed by atoms with Crippen LogP contribution in [0.3, 0.4) is 0 Å². The first kappa shape index (κ1) is 16.6. The molecule has 25 heavy (non-hydrogen) atoms. The summed E-state index contributed by atoms with van der Waals surface area (Å²) in [6.45, 7) is 2.42. The molecule has 0 aliphatic carbocycles. The molecule has 0 fully saturated rings. The maximum Gasteiger partial charge on any atom is 0.322 e. The lowest BCUT2D eigenvalue weighted by atomic mass is 10.2. The Morgan fingerprint density at radius 3 is 2.44 bits per heavy atom. The van der Waals surface area contributed by atoms with Gasteiger partial charge in [0, 0.05) is 5.56 Å². The highest BCUT2D eigenvalue weighted by Gasteiger charge is 2.19. The van der Waals surface area contributed by atoms with E-state index in [2.05, 4.69) is 15.5 Å². The first-order valence-electron chi connectivity index (χ1n) is 7.40. The number of rotatable bonds is 5. The number of amides is 1. The number of halogens is 2. The standard InChI is InChI=1S/C17H13F2N3O3/c1-2-24-11-8-6-10(7-9-11)16-21-22-17(25-16)20-15(23)14-12(18)4-3-5-13(14)19/h3-9H,2H2,1H3,(H,20,22,23). The zero-order valence-corrected chi connectivity index (χ0v) is 13.1. The second-order valence-corrected chi connectivity index (χ2v) is 4.92. The Labute approximate surface area is 141 Å². The molecule has 0 aliphatic heterocycles. The molecular weight excluding hydrogens is 332 g/mol. The lowest BCUT2D eigenvalue weighted by Crippen LogP contribution is -2.16. The molecule has 3 rings (SSSR count). The van der Waals surface area contributed by atoms with Crippen LogP contribution in [0.1, 0.15) is 17.3 Å². The van der Waals surface area contributed by atoms with Crippen LogP contribution in [0.15, 0.2) is 46.9 Å². The number of aromatic nitrogens is 2. The predicted molar refractivity (Wildman–Crippen MR) is 85.2 cm³/mol. The van der Waals surface area contributed by atoms with Gasteiger partial charge in [0.15, 0.2) is 0 Å². The van der Waals surface area contributed by atoms with Gasteiger partial charge >= 0.3 is 6.01 Å². The van der Waals surface area contributed by atoms with Gasteiger partial charge in [-0.15, -0.1) is 5.10 Å². The van der Waals surface area contributed by atoms with Crippen LogP contribution in [0.5, 0.6) is 5.75 Å². The van der Waals surface area contributed by atoms with Crippen molar-refractivity contribution in [1.29, 1.82) is 0 Å². The number of carbonyl (C=O) groups is 1. The van der Waals surface area contributed by atoms with E-state index in [4.69, 9.17) is 9.15 Å². The summed E-state index contributed by atoms with van der Waals surface area (Å²) in [4.78, 5) is 12.0. The maximum absolute atomic E-state index is 13.6. The molecule has 6 nitrogen and oxygen atoms in total. The largest absolute Gasteiger partial charge is 0.494 e. The Hall–Kier alpha value is -3.29. The second-order valence-electron chi connectivity index (χ2n) is 4.92. The molecule has 1 amide bonds. The number of carbonyl (C=O) groups excluding carboxylic acids is 1. The van der Waals surface area contributed by atoms with Crippen LogP contribution in [-0.4, -0.2) is 22.7 Å². The Bertz CT molecular complexity index is 874. The van der Waals surface area contributed by atoms with Crippen molar-refractivity contribution in [2.75, 3.05) is 11.9 Å². The molecule has 0 saturated carbocycles. The molecule has 8 heteroatoms. The van der Waals surface area contributed by atoms with Crippen molar-refractivity contribution in [3.8, 4) is 17.2 Å². The minimum absolute atomic E-state index is 0.146. The van der Waals surface area contributed by atoms with Crippen molar-refractivity contribution in [2.24, 2.45) is 0 Å². The number of hydrogen-bond acceptors (Lipinski definition) is 5. The average molecular weight is 345 g/mol. The summed E-state index contributed by atoms with van der Waals surface area (Å²) in [5.74, 6) is -2.15. The molecule has 1 heterocycles. The molecule has 0 unspecified atom stereocenters. The van der Waals surface area contributed by atoms with Crippen LogP contribution in [0.2, 0.25) is 0 Å². The van der Waals surface area contributed by atoms with E-state index in [1.807, 2.05) is 6.92 Å². The van der Waals surface area contributed by atoms with Crippen LogP contribution in [0.4, 0.5) is 14.8 Å². The Kier molecular flexibility index (Phi) is 4.69. The van der Waals surface area contributed by atoms with Gasteiger partial charge in [0.25, 0.3) is 5.91 Å². The van der Waals surface area contributed by atoms with Gasteiger partial charge in [-0.1, -0.05) is 11.2 Å². The SMILES string of the molecule is CCOc1ccc(-c2nnc(NC(=O)c3c(F)cccc3F)o2)cc1. The van der Waals surface area contributed by atoms with Gasteiger partial charge in [-0.05, 0) is 43.3 Å². The lowest BCUT2D eigenvalue weighted by Gasteiger charge is -2.03. The van der Waals surface area contributed by atoms with E-state index in [-0.39, 0.29) is 11.9 Å². The number of ether oxygens (including phenoxy) is 1. The van der Waals surface area contributed by atoms with Crippen molar-refractivity contribution in [1.82, 2.24) is 10.2 Å². The molecule has 0 aliphatic rings. The minimum atomic E-state index is -1.02. The number of benzene rings is 2. The third-order valence-corrected chi connectivity index (χ3v) is 3.25. The molecule has 0 bridgehead atoms. The summed E-state index contributed by atoms with van der Waals surface area (Å²) in [6, 6.07) is 9.75. The molecule has 2 aromatic carbocycles. The van der Waals surface area contributed by atoms with Crippen LogP contribution in [0.25, 0.3) is 11.5 Å². The zero-order valence-electron chi connectivity index (χ0n) is 13.1. The van der Waals surface area contributed by atoms with E-state index in [0.29, 0.717) is 17.9 Å². The topological polar surface area (TPSA) is 77.3 Å². The fraction of sp³-hybridized carbons (Fsp3) is 0.118. The second kappa shape index (κ2) is 7.08. The van der Waals surface area contributed by atoms with Gasteiger partial charge in [0.1, 0.15) is 22.9 Å². The smallest absolute Gasteiger partial charge is 0.322 e. The predicted octanol–water partition coefficient (Wildman–Crippen LogP) is 3.67. The minimum Gasteiger partial charge on any atom is -0.494 e. The highest BCUT2D eigenvalue weighted by atomic mass is 19.1. The van der Waals surface area contributed by atoms with Crippen molar-refractivity contribution in [2.45, 2.75) is 6.92 Å². The van der Waals surface area contributed by atoms with Gasteiger partial charge in [0.2, 0.25) is 5.89 Å². The normalized spacial score (nSPS) is 10.5. The lowest BCUT2D eigenvalue weighted by molar-refractivity contribution is 0.101. The van der Waals surface area contributed by atoms with Gasteiger partial charge in [-0.25, -0.2) is 8.78 Å².